The Labute approximate surface area is 105 Å². The van der Waals surface area contributed by atoms with E-state index in [2.05, 4.69) is 0 Å². The third-order valence-corrected chi connectivity index (χ3v) is 4.54. The highest BCUT2D eigenvalue weighted by Crippen LogP contribution is 2.47. The van der Waals surface area contributed by atoms with Gasteiger partial charge >= 0.3 is 0 Å². The number of thioether (sulfide) groups is 1. The molecule has 0 bridgehead atoms. The molecule has 1 saturated carbocycles. The fraction of sp³-hybridized carbons (Fsp3) is 0.538. The summed E-state index contributed by atoms with van der Waals surface area (Å²) in [6, 6.07) is 5.73. The Morgan fingerprint density at radius 1 is 1.29 bits per heavy atom. The van der Waals surface area contributed by atoms with E-state index in [1.54, 1.807) is 7.11 Å². The molecule has 1 N–H and O–H groups in total. The van der Waals surface area contributed by atoms with E-state index >= 15 is 0 Å². The standard InChI is InChI=1S/C13H16O3S/c1-15-11-3-2-9(13(14)4-5-13)6-12(11)16-10-7-17-8-10/h2-3,6,10,14H,4-5,7-8H2,1H3. The largest absolute Gasteiger partial charge is 0.493 e. The van der Waals surface area contributed by atoms with Crippen LogP contribution in [0.2, 0.25) is 0 Å². The molecule has 92 valence electrons. The van der Waals surface area contributed by atoms with Crippen LogP contribution in [-0.2, 0) is 5.60 Å². The molecule has 1 aliphatic heterocycles. The third kappa shape index (κ3) is 2.11. The van der Waals surface area contributed by atoms with Crippen molar-refractivity contribution in [3.8, 4) is 11.5 Å². The number of aliphatic hydroxyl groups is 1. The number of rotatable bonds is 4. The summed E-state index contributed by atoms with van der Waals surface area (Å²) in [4.78, 5) is 0. The van der Waals surface area contributed by atoms with Crippen molar-refractivity contribution in [1.29, 1.82) is 0 Å². The molecule has 0 atom stereocenters. The lowest BCUT2D eigenvalue weighted by molar-refractivity contribution is 0.150. The first-order chi connectivity index (χ1) is 8.21. The van der Waals surface area contributed by atoms with Gasteiger partial charge in [-0.2, -0.15) is 11.8 Å². The van der Waals surface area contributed by atoms with Crippen molar-refractivity contribution < 1.29 is 14.6 Å². The van der Waals surface area contributed by atoms with Gasteiger partial charge in [0.2, 0.25) is 0 Å². The van der Waals surface area contributed by atoms with E-state index < -0.39 is 5.60 Å². The van der Waals surface area contributed by atoms with Gasteiger partial charge in [-0.05, 0) is 30.5 Å². The maximum Gasteiger partial charge on any atom is 0.162 e. The summed E-state index contributed by atoms with van der Waals surface area (Å²) in [7, 11) is 1.64. The molecule has 17 heavy (non-hydrogen) atoms. The van der Waals surface area contributed by atoms with Crippen molar-refractivity contribution in [1.82, 2.24) is 0 Å². The van der Waals surface area contributed by atoms with Crippen LogP contribution in [0.4, 0.5) is 0 Å². The van der Waals surface area contributed by atoms with Gasteiger partial charge in [0.05, 0.1) is 12.7 Å². The molecule has 0 unspecified atom stereocenters. The van der Waals surface area contributed by atoms with Crippen LogP contribution in [0.15, 0.2) is 18.2 Å². The molecule has 3 rings (SSSR count). The van der Waals surface area contributed by atoms with Crippen LogP contribution in [0.5, 0.6) is 11.5 Å². The van der Waals surface area contributed by atoms with E-state index in [0.29, 0.717) is 0 Å². The molecule has 1 aromatic carbocycles. The van der Waals surface area contributed by atoms with Gasteiger partial charge in [0.1, 0.15) is 6.10 Å². The number of hydrogen-bond acceptors (Lipinski definition) is 4. The Hall–Kier alpha value is -0.870. The van der Waals surface area contributed by atoms with E-state index in [1.165, 1.54) is 0 Å². The summed E-state index contributed by atoms with van der Waals surface area (Å²) >= 11 is 1.88. The molecule has 2 fully saturated rings. The van der Waals surface area contributed by atoms with Crippen LogP contribution in [0, 0.1) is 0 Å². The molecule has 1 aliphatic carbocycles. The molecule has 2 aliphatic rings. The molecule has 0 amide bonds. The lowest BCUT2D eigenvalue weighted by atomic mass is 10.1. The minimum absolute atomic E-state index is 0.290. The first-order valence-electron chi connectivity index (χ1n) is 5.86. The minimum Gasteiger partial charge on any atom is -0.493 e. The summed E-state index contributed by atoms with van der Waals surface area (Å²) in [6.07, 6.45) is 1.98. The van der Waals surface area contributed by atoms with Crippen molar-refractivity contribution in [2.24, 2.45) is 0 Å². The van der Waals surface area contributed by atoms with Crippen molar-refractivity contribution in [2.45, 2.75) is 24.5 Å². The van der Waals surface area contributed by atoms with Crippen molar-refractivity contribution in [3.05, 3.63) is 23.8 Å². The molecule has 3 nitrogen and oxygen atoms in total. The molecule has 0 spiro atoms. The Bertz CT molecular complexity index is 425. The SMILES string of the molecule is COc1ccc(C2(O)CC2)cc1OC1CSC1. The van der Waals surface area contributed by atoms with E-state index in [1.807, 2.05) is 30.0 Å². The Kier molecular flexibility index (Phi) is 2.71. The third-order valence-electron chi connectivity index (χ3n) is 3.33. The number of benzene rings is 1. The van der Waals surface area contributed by atoms with E-state index in [9.17, 15) is 5.11 Å². The van der Waals surface area contributed by atoms with Crippen LogP contribution in [0.25, 0.3) is 0 Å². The average Bonchev–Trinajstić information content (AvgIpc) is 3.03. The Balaban J connectivity index is 1.86. The normalized spacial score (nSPS) is 21.8. The van der Waals surface area contributed by atoms with E-state index in [-0.39, 0.29) is 6.10 Å². The second-order valence-corrected chi connectivity index (χ2v) is 5.75. The van der Waals surface area contributed by atoms with Gasteiger partial charge in [0, 0.05) is 11.5 Å². The van der Waals surface area contributed by atoms with Gasteiger partial charge in [-0.15, -0.1) is 0 Å². The maximum absolute atomic E-state index is 10.1. The van der Waals surface area contributed by atoms with Gasteiger partial charge in [-0.25, -0.2) is 0 Å². The predicted octanol–water partition coefficient (Wildman–Crippen LogP) is 2.17. The predicted molar refractivity (Wildman–Crippen MR) is 67.9 cm³/mol. The van der Waals surface area contributed by atoms with Gasteiger partial charge in [-0.1, -0.05) is 6.07 Å². The first kappa shape index (κ1) is 11.2. The zero-order valence-electron chi connectivity index (χ0n) is 9.81. The van der Waals surface area contributed by atoms with Gasteiger partial charge in [-0.3, -0.25) is 0 Å². The second-order valence-electron chi connectivity index (χ2n) is 4.67. The molecule has 0 radical (unpaired) electrons. The fourth-order valence-electron chi connectivity index (χ4n) is 1.93. The highest BCUT2D eigenvalue weighted by atomic mass is 32.2. The van der Waals surface area contributed by atoms with Crippen molar-refractivity contribution in [3.63, 3.8) is 0 Å². The molecular weight excluding hydrogens is 236 g/mol. The summed E-state index contributed by atoms with van der Waals surface area (Å²) in [6.45, 7) is 0. The molecular formula is C13H16O3S. The average molecular weight is 252 g/mol. The first-order valence-corrected chi connectivity index (χ1v) is 7.02. The molecule has 4 heteroatoms. The zero-order valence-corrected chi connectivity index (χ0v) is 10.6. The Morgan fingerprint density at radius 3 is 2.59 bits per heavy atom. The van der Waals surface area contributed by atoms with Crippen LogP contribution in [0.3, 0.4) is 0 Å². The van der Waals surface area contributed by atoms with Crippen LogP contribution in [0.1, 0.15) is 18.4 Å². The summed E-state index contributed by atoms with van der Waals surface area (Å²) in [5.41, 5.74) is 0.332. The Morgan fingerprint density at radius 2 is 2.06 bits per heavy atom. The molecule has 1 heterocycles. The van der Waals surface area contributed by atoms with Crippen molar-refractivity contribution >= 4 is 11.8 Å². The summed E-state index contributed by atoms with van der Waals surface area (Å²) in [5.74, 6) is 3.58. The van der Waals surface area contributed by atoms with Crippen LogP contribution < -0.4 is 9.47 Å². The van der Waals surface area contributed by atoms with Gasteiger partial charge in [0.15, 0.2) is 11.5 Å². The van der Waals surface area contributed by atoms with Crippen LogP contribution in [-0.4, -0.2) is 29.8 Å². The highest BCUT2D eigenvalue weighted by molar-refractivity contribution is 8.00. The summed E-state index contributed by atoms with van der Waals surface area (Å²) in [5, 5.41) is 10.1. The maximum atomic E-state index is 10.1. The monoisotopic (exact) mass is 252 g/mol. The van der Waals surface area contributed by atoms with E-state index in [0.717, 1.165) is 41.4 Å². The van der Waals surface area contributed by atoms with Gasteiger partial charge in [0.25, 0.3) is 0 Å². The smallest absolute Gasteiger partial charge is 0.162 e. The molecule has 0 aromatic heterocycles. The number of hydrogen-bond donors (Lipinski definition) is 1. The van der Waals surface area contributed by atoms with Gasteiger partial charge < -0.3 is 14.6 Å². The topological polar surface area (TPSA) is 38.7 Å². The summed E-state index contributed by atoms with van der Waals surface area (Å²) < 4.78 is 11.2. The fourth-order valence-corrected chi connectivity index (χ4v) is 2.49. The van der Waals surface area contributed by atoms with Crippen LogP contribution >= 0.6 is 11.8 Å². The number of ether oxygens (including phenoxy) is 2. The molecule has 1 saturated heterocycles. The second kappa shape index (κ2) is 4.10. The zero-order chi connectivity index (χ0) is 11.9. The lowest BCUT2D eigenvalue weighted by Crippen LogP contribution is -2.31. The minimum atomic E-state index is -0.612. The lowest BCUT2D eigenvalue weighted by Gasteiger charge is -2.27. The van der Waals surface area contributed by atoms with Crippen molar-refractivity contribution in [2.75, 3.05) is 18.6 Å². The quantitative estimate of drug-likeness (QED) is 0.891. The highest BCUT2D eigenvalue weighted by Gasteiger charge is 2.42. The molecule has 1 aromatic rings. The number of methoxy groups -OCH3 is 1. The van der Waals surface area contributed by atoms with E-state index in [4.69, 9.17) is 9.47 Å².